The van der Waals surface area contributed by atoms with Gasteiger partial charge in [0.25, 0.3) is 0 Å². The number of hydrogen-bond donors (Lipinski definition) is 1. The molecule has 142 valence electrons. The molecule has 0 radical (unpaired) electrons. The smallest absolute Gasteiger partial charge is 0.229 e. The maximum Gasteiger partial charge on any atom is 0.229 e. The summed E-state index contributed by atoms with van der Waals surface area (Å²) in [4.78, 5) is 35.9. The normalized spacial score (nSPS) is 11.0. The van der Waals surface area contributed by atoms with E-state index in [1.54, 1.807) is 34.2 Å². The van der Waals surface area contributed by atoms with Crippen LogP contribution in [0.1, 0.15) is 30.1 Å². The van der Waals surface area contributed by atoms with Gasteiger partial charge in [-0.2, -0.15) is 0 Å². The zero-order valence-electron chi connectivity index (χ0n) is 15.4. The SMILES string of the molecule is COCCN(Cc1scnc1C)C(=O)Cc1csc(NC(=O)C(C)C)n1. The van der Waals surface area contributed by atoms with Gasteiger partial charge in [0.05, 0.1) is 36.5 Å². The predicted octanol–water partition coefficient (Wildman–Crippen LogP) is 2.72. The Kier molecular flexibility index (Phi) is 7.67. The minimum atomic E-state index is -0.115. The van der Waals surface area contributed by atoms with Crippen LogP contribution in [-0.4, -0.2) is 46.9 Å². The molecule has 0 aliphatic carbocycles. The lowest BCUT2D eigenvalue weighted by molar-refractivity contribution is -0.131. The minimum absolute atomic E-state index is 0.0260. The molecule has 2 heterocycles. The van der Waals surface area contributed by atoms with Crippen LogP contribution >= 0.6 is 22.7 Å². The van der Waals surface area contributed by atoms with E-state index < -0.39 is 0 Å². The van der Waals surface area contributed by atoms with Gasteiger partial charge in [-0.3, -0.25) is 9.59 Å². The van der Waals surface area contributed by atoms with Crippen LogP contribution in [0.4, 0.5) is 5.13 Å². The Morgan fingerprint density at radius 1 is 1.35 bits per heavy atom. The van der Waals surface area contributed by atoms with Crippen LogP contribution in [0, 0.1) is 12.8 Å². The van der Waals surface area contributed by atoms with Crippen molar-refractivity contribution in [3.05, 3.63) is 27.2 Å². The molecular weight excluding hydrogens is 372 g/mol. The molecule has 0 fully saturated rings. The monoisotopic (exact) mass is 396 g/mol. The number of anilines is 1. The molecule has 0 spiro atoms. The predicted molar refractivity (Wildman–Crippen MR) is 103 cm³/mol. The number of carbonyl (C=O) groups excluding carboxylic acids is 2. The Labute approximate surface area is 161 Å². The van der Waals surface area contributed by atoms with E-state index in [1.807, 2.05) is 20.8 Å². The summed E-state index contributed by atoms with van der Waals surface area (Å²) in [6, 6.07) is 0. The summed E-state index contributed by atoms with van der Waals surface area (Å²) in [6.45, 7) is 7.07. The van der Waals surface area contributed by atoms with E-state index in [2.05, 4.69) is 15.3 Å². The molecule has 2 aromatic heterocycles. The summed E-state index contributed by atoms with van der Waals surface area (Å²) in [5.41, 5.74) is 3.38. The van der Waals surface area contributed by atoms with Crippen LogP contribution < -0.4 is 5.32 Å². The van der Waals surface area contributed by atoms with Gasteiger partial charge in [0, 0.05) is 29.8 Å². The number of methoxy groups -OCH3 is 1. The molecule has 1 N–H and O–H groups in total. The molecule has 0 aromatic carbocycles. The first-order chi connectivity index (χ1) is 12.4. The molecule has 0 bridgehead atoms. The number of amides is 2. The minimum Gasteiger partial charge on any atom is -0.383 e. The Hall–Kier alpha value is -1.84. The topological polar surface area (TPSA) is 84.4 Å². The lowest BCUT2D eigenvalue weighted by Gasteiger charge is -2.21. The Bertz CT molecular complexity index is 742. The largest absolute Gasteiger partial charge is 0.383 e. The highest BCUT2D eigenvalue weighted by atomic mass is 32.1. The molecule has 0 saturated carbocycles. The quantitative estimate of drug-likeness (QED) is 0.704. The van der Waals surface area contributed by atoms with Gasteiger partial charge in [0.2, 0.25) is 11.8 Å². The third-order valence-electron chi connectivity index (χ3n) is 3.74. The highest BCUT2D eigenvalue weighted by molar-refractivity contribution is 7.14. The summed E-state index contributed by atoms with van der Waals surface area (Å²) in [6.07, 6.45) is 0.190. The van der Waals surface area contributed by atoms with E-state index in [-0.39, 0.29) is 24.2 Å². The van der Waals surface area contributed by atoms with E-state index in [0.717, 1.165) is 10.6 Å². The van der Waals surface area contributed by atoms with Crippen LogP contribution in [0.15, 0.2) is 10.9 Å². The number of aryl methyl sites for hydroxylation is 1. The van der Waals surface area contributed by atoms with E-state index in [0.29, 0.717) is 30.5 Å². The fourth-order valence-electron chi connectivity index (χ4n) is 2.11. The van der Waals surface area contributed by atoms with Crippen LogP contribution in [0.25, 0.3) is 0 Å². The number of nitrogens with zero attached hydrogens (tertiary/aromatic N) is 3. The Morgan fingerprint density at radius 3 is 2.73 bits per heavy atom. The Balaban J connectivity index is 2.01. The van der Waals surface area contributed by atoms with Crippen molar-refractivity contribution in [3.8, 4) is 0 Å². The molecule has 0 aliphatic heterocycles. The third-order valence-corrected chi connectivity index (χ3v) is 5.46. The standard InChI is InChI=1S/C17H24N4O3S2/c1-11(2)16(23)20-17-19-13(9-25-17)7-15(22)21(5-6-24-4)8-14-12(3)18-10-26-14/h9-11H,5-8H2,1-4H3,(H,19,20,23). The summed E-state index contributed by atoms with van der Waals surface area (Å²) >= 11 is 2.87. The van der Waals surface area contributed by atoms with E-state index in [9.17, 15) is 9.59 Å². The molecule has 7 nitrogen and oxygen atoms in total. The molecule has 2 amide bonds. The fraction of sp³-hybridized carbons (Fsp3) is 0.529. The van der Waals surface area contributed by atoms with Gasteiger partial charge in [-0.15, -0.1) is 22.7 Å². The molecule has 0 atom stereocenters. The number of aromatic nitrogens is 2. The van der Waals surface area contributed by atoms with E-state index in [4.69, 9.17) is 4.74 Å². The lowest BCUT2D eigenvalue weighted by atomic mass is 10.2. The fourth-order valence-corrected chi connectivity index (χ4v) is 3.61. The number of ether oxygens (including phenoxy) is 1. The number of nitrogens with one attached hydrogen (secondary N) is 1. The van der Waals surface area contributed by atoms with E-state index in [1.165, 1.54) is 11.3 Å². The van der Waals surface area contributed by atoms with Crippen LogP contribution in [0.2, 0.25) is 0 Å². The van der Waals surface area contributed by atoms with Crippen molar-refractivity contribution in [2.75, 3.05) is 25.6 Å². The summed E-state index contributed by atoms with van der Waals surface area (Å²) < 4.78 is 5.13. The van der Waals surface area contributed by atoms with Gasteiger partial charge in [-0.05, 0) is 6.92 Å². The molecule has 0 saturated heterocycles. The highest BCUT2D eigenvalue weighted by Gasteiger charge is 2.18. The molecule has 2 rings (SSSR count). The molecule has 0 aliphatic rings. The van der Waals surface area contributed by atoms with Gasteiger partial charge in [0.15, 0.2) is 5.13 Å². The first-order valence-electron chi connectivity index (χ1n) is 8.31. The zero-order chi connectivity index (χ0) is 19.1. The van der Waals surface area contributed by atoms with Crippen LogP contribution in [-0.2, 0) is 27.3 Å². The summed E-state index contributed by atoms with van der Waals surface area (Å²) in [7, 11) is 1.62. The van der Waals surface area contributed by atoms with Gasteiger partial charge in [-0.25, -0.2) is 9.97 Å². The van der Waals surface area contributed by atoms with Gasteiger partial charge < -0.3 is 15.0 Å². The van der Waals surface area contributed by atoms with Crippen molar-refractivity contribution >= 4 is 39.6 Å². The van der Waals surface area contributed by atoms with Crippen molar-refractivity contribution in [1.82, 2.24) is 14.9 Å². The average molecular weight is 397 g/mol. The zero-order valence-corrected chi connectivity index (χ0v) is 17.1. The molecule has 9 heteroatoms. The van der Waals surface area contributed by atoms with Gasteiger partial charge in [-0.1, -0.05) is 13.8 Å². The maximum atomic E-state index is 12.7. The second-order valence-corrected chi connectivity index (χ2v) is 7.93. The first kappa shape index (κ1) is 20.5. The van der Waals surface area contributed by atoms with Crippen LogP contribution in [0.5, 0.6) is 0 Å². The van der Waals surface area contributed by atoms with E-state index >= 15 is 0 Å². The number of carbonyl (C=O) groups is 2. The highest BCUT2D eigenvalue weighted by Crippen LogP contribution is 2.19. The summed E-state index contributed by atoms with van der Waals surface area (Å²) in [5.74, 6) is -0.224. The molecule has 0 unspecified atom stereocenters. The Morgan fingerprint density at radius 2 is 2.12 bits per heavy atom. The second-order valence-electron chi connectivity index (χ2n) is 6.13. The third kappa shape index (κ3) is 5.86. The number of hydrogen-bond acceptors (Lipinski definition) is 7. The molecule has 2 aromatic rings. The second kappa shape index (κ2) is 9.75. The maximum absolute atomic E-state index is 12.7. The van der Waals surface area contributed by atoms with Crippen LogP contribution in [0.3, 0.4) is 0 Å². The summed E-state index contributed by atoms with van der Waals surface area (Å²) in [5, 5.41) is 5.09. The molecular formula is C17H24N4O3S2. The molecule has 26 heavy (non-hydrogen) atoms. The van der Waals surface area contributed by atoms with Crippen molar-refractivity contribution < 1.29 is 14.3 Å². The first-order valence-corrected chi connectivity index (χ1v) is 10.1. The van der Waals surface area contributed by atoms with Gasteiger partial charge >= 0.3 is 0 Å². The lowest BCUT2D eigenvalue weighted by Crippen LogP contribution is -2.34. The van der Waals surface area contributed by atoms with Crippen molar-refractivity contribution in [2.24, 2.45) is 5.92 Å². The van der Waals surface area contributed by atoms with Crippen molar-refractivity contribution in [1.29, 1.82) is 0 Å². The number of rotatable bonds is 9. The average Bonchev–Trinajstić information content (AvgIpc) is 3.20. The van der Waals surface area contributed by atoms with Gasteiger partial charge in [0.1, 0.15) is 0 Å². The number of thiazole rings is 2. The van der Waals surface area contributed by atoms with Crippen molar-refractivity contribution in [3.63, 3.8) is 0 Å². The van der Waals surface area contributed by atoms with Crippen molar-refractivity contribution in [2.45, 2.75) is 33.7 Å².